The van der Waals surface area contributed by atoms with E-state index < -0.39 is 6.03 Å². The zero-order valence-corrected chi connectivity index (χ0v) is 17.9. The number of nitrogens with one attached hydrogen (secondary N) is 1. The normalized spacial score (nSPS) is 15.5. The molecule has 1 saturated heterocycles. The van der Waals surface area contributed by atoms with E-state index in [1.165, 1.54) is 19.2 Å². The van der Waals surface area contributed by atoms with Gasteiger partial charge < -0.3 is 10.1 Å². The Morgan fingerprint density at radius 3 is 2.31 bits per heavy atom. The molecule has 1 N–H and O–H groups in total. The van der Waals surface area contributed by atoms with Gasteiger partial charge in [-0.2, -0.15) is 0 Å². The molecule has 0 aromatic heterocycles. The van der Waals surface area contributed by atoms with Crippen LogP contribution in [0.3, 0.4) is 0 Å². The van der Waals surface area contributed by atoms with E-state index in [-0.39, 0.29) is 17.4 Å². The topological polar surface area (TPSA) is 58.6 Å². The molecule has 2 aromatic carbocycles. The Morgan fingerprint density at radius 1 is 1.15 bits per heavy atom. The number of ether oxygens (including phenoxy) is 1. The number of halogens is 3. The van der Waals surface area contributed by atoms with Crippen LogP contribution < -0.4 is 10.1 Å². The summed E-state index contributed by atoms with van der Waals surface area (Å²) in [5.41, 5.74) is 1.89. The Labute approximate surface area is 176 Å². The second-order valence-corrected chi connectivity index (χ2v) is 7.91. The Morgan fingerprint density at radius 2 is 1.77 bits per heavy atom. The molecule has 1 heterocycles. The van der Waals surface area contributed by atoms with E-state index in [0.717, 1.165) is 28.9 Å². The summed E-state index contributed by atoms with van der Waals surface area (Å²) in [7, 11) is 1.43. The summed E-state index contributed by atoms with van der Waals surface area (Å²) in [5, 5.41) is 2.54. The molecule has 0 aliphatic carbocycles. The molecular weight excluding hydrogens is 565 g/mol. The third-order valence-electron chi connectivity index (χ3n) is 3.71. The van der Waals surface area contributed by atoms with Crippen LogP contribution >= 0.6 is 45.2 Å². The standard InChI is InChI=1S/C18H13FI2N2O3/c1-23-17(24)15(22-18(23)25)8-11-6-13(20)16(14(21)7-11)26-9-10-2-4-12(19)5-3-10/h2-8H,9H2,1H3,(H,22,25)/b15-8+. The zero-order valence-electron chi connectivity index (χ0n) is 13.6. The lowest BCUT2D eigenvalue weighted by Crippen LogP contribution is -2.25. The second-order valence-electron chi connectivity index (χ2n) is 5.58. The Bertz CT molecular complexity index is 890. The minimum absolute atomic E-state index is 0.240. The molecule has 0 saturated carbocycles. The van der Waals surface area contributed by atoms with Gasteiger partial charge in [0, 0.05) is 7.05 Å². The van der Waals surface area contributed by atoms with Gasteiger partial charge in [0.2, 0.25) is 0 Å². The van der Waals surface area contributed by atoms with Crippen molar-refractivity contribution < 1.29 is 18.7 Å². The number of benzene rings is 2. The highest BCUT2D eigenvalue weighted by Gasteiger charge is 2.30. The lowest BCUT2D eigenvalue weighted by molar-refractivity contribution is -0.121. The molecule has 1 aliphatic heterocycles. The van der Waals surface area contributed by atoms with Crippen LogP contribution in [0.25, 0.3) is 6.08 Å². The first-order chi connectivity index (χ1) is 12.3. The summed E-state index contributed by atoms with van der Waals surface area (Å²) in [6.45, 7) is 0.325. The lowest BCUT2D eigenvalue weighted by atomic mass is 10.2. The van der Waals surface area contributed by atoms with Gasteiger partial charge in [0.05, 0.1) is 7.14 Å². The van der Waals surface area contributed by atoms with E-state index in [1.54, 1.807) is 18.2 Å². The predicted molar refractivity (Wildman–Crippen MR) is 112 cm³/mol. The van der Waals surface area contributed by atoms with Crippen LogP contribution in [0.15, 0.2) is 42.1 Å². The molecule has 134 valence electrons. The fourth-order valence-electron chi connectivity index (χ4n) is 2.33. The minimum atomic E-state index is -0.440. The van der Waals surface area contributed by atoms with Gasteiger partial charge in [-0.1, -0.05) is 12.1 Å². The Kier molecular flexibility index (Phi) is 5.80. The molecular formula is C18H13FI2N2O3. The number of hydrogen-bond donors (Lipinski definition) is 1. The number of amides is 3. The molecule has 0 unspecified atom stereocenters. The first kappa shape index (κ1) is 19.1. The summed E-state index contributed by atoms with van der Waals surface area (Å²) in [6.07, 6.45) is 1.64. The van der Waals surface area contributed by atoms with E-state index >= 15 is 0 Å². The summed E-state index contributed by atoms with van der Waals surface area (Å²) >= 11 is 4.32. The number of rotatable bonds is 4. The fourth-order valence-corrected chi connectivity index (χ4v) is 4.45. The average Bonchev–Trinajstić information content (AvgIpc) is 2.83. The zero-order chi connectivity index (χ0) is 18.8. The monoisotopic (exact) mass is 578 g/mol. The maximum absolute atomic E-state index is 13.0. The van der Waals surface area contributed by atoms with Crippen molar-refractivity contribution in [3.63, 3.8) is 0 Å². The van der Waals surface area contributed by atoms with Crippen LogP contribution in [0.2, 0.25) is 0 Å². The SMILES string of the molecule is CN1C(=O)N/C(=C/c2cc(I)c(OCc3ccc(F)cc3)c(I)c2)C1=O. The highest BCUT2D eigenvalue weighted by molar-refractivity contribution is 14.1. The van der Waals surface area contributed by atoms with Crippen molar-refractivity contribution in [3.8, 4) is 5.75 Å². The van der Waals surface area contributed by atoms with E-state index in [9.17, 15) is 14.0 Å². The first-order valence-electron chi connectivity index (χ1n) is 7.52. The van der Waals surface area contributed by atoms with Crippen LogP contribution in [0.4, 0.5) is 9.18 Å². The molecule has 0 spiro atoms. The van der Waals surface area contributed by atoms with Crippen molar-refractivity contribution >= 4 is 63.2 Å². The number of imide groups is 1. The van der Waals surface area contributed by atoms with E-state index in [0.29, 0.717) is 6.61 Å². The molecule has 0 atom stereocenters. The number of carbonyl (C=O) groups is 2. The van der Waals surface area contributed by atoms with Crippen LogP contribution in [0.5, 0.6) is 5.75 Å². The highest BCUT2D eigenvalue weighted by Crippen LogP contribution is 2.30. The van der Waals surface area contributed by atoms with Crippen LogP contribution in [0.1, 0.15) is 11.1 Å². The minimum Gasteiger partial charge on any atom is -0.487 e. The Balaban J connectivity index is 1.79. The highest BCUT2D eigenvalue weighted by atomic mass is 127. The van der Waals surface area contributed by atoms with Gasteiger partial charge in [-0.25, -0.2) is 9.18 Å². The summed E-state index contributed by atoms with van der Waals surface area (Å²) in [5.74, 6) is 0.0720. The van der Waals surface area contributed by atoms with Crippen molar-refractivity contribution in [2.75, 3.05) is 7.05 Å². The molecule has 1 fully saturated rings. The maximum Gasteiger partial charge on any atom is 0.328 e. The molecule has 0 bridgehead atoms. The van der Waals surface area contributed by atoms with Gasteiger partial charge >= 0.3 is 6.03 Å². The predicted octanol–water partition coefficient (Wildman–Crippen LogP) is 4.14. The van der Waals surface area contributed by atoms with Crippen LogP contribution in [0, 0.1) is 13.0 Å². The van der Waals surface area contributed by atoms with E-state index in [1.807, 2.05) is 12.1 Å². The maximum atomic E-state index is 13.0. The van der Waals surface area contributed by atoms with Gasteiger partial charge in [0.1, 0.15) is 23.9 Å². The van der Waals surface area contributed by atoms with Gasteiger partial charge in [-0.3, -0.25) is 9.69 Å². The third-order valence-corrected chi connectivity index (χ3v) is 5.31. The first-order valence-corrected chi connectivity index (χ1v) is 9.68. The van der Waals surface area contributed by atoms with Gasteiger partial charge in [-0.15, -0.1) is 0 Å². The molecule has 0 radical (unpaired) electrons. The largest absolute Gasteiger partial charge is 0.487 e. The van der Waals surface area contributed by atoms with Crippen molar-refractivity contribution in [1.29, 1.82) is 0 Å². The van der Waals surface area contributed by atoms with Crippen LogP contribution in [-0.2, 0) is 11.4 Å². The number of urea groups is 1. The van der Waals surface area contributed by atoms with Crippen molar-refractivity contribution in [3.05, 3.63) is 66.2 Å². The van der Waals surface area contributed by atoms with Crippen molar-refractivity contribution in [2.24, 2.45) is 0 Å². The second kappa shape index (κ2) is 7.91. The van der Waals surface area contributed by atoms with Crippen LogP contribution in [-0.4, -0.2) is 23.9 Å². The van der Waals surface area contributed by atoms with Gasteiger partial charge in [-0.05, 0) is 86.7 Å². The number of hydrogen-bond acceptors (Lipinski definition) is 3. The van der Waals surface area contributed by atoms with E-state index in [4.69, 9.17) is 4.74 Å². The lowest BCUT2D eigenvalue weighted by Gasteiger charge is -2.12. The van der Waals surface area contributed by atoms with Gasteiger partial charge in [0.15, 0.2) is 0 Å². The van der Waals surface area contributed by atoms with E-state index in [2.05, 4.69) is 50.5 Å². The molecule has 26 heavy (non-hydrogen) atoms. The summed E-state index contributed by atoms with van der Waals surface area (Å²) in [4.78, 5) is 24.5. The molecule has 3 rings (SSSR count). The summed E-state index contributed by atoms with van der Waals surface area (Å²) in [6, 6.07) is 9.45. The molecule has 3 amide bonds. The average molecular weight is 578 g/mol. The van der Waals surface area contributed by atoms with Crippen molar-refractivity contribution in [2.45, 2.75) is 6.61 Å². The molecule has 8 heteroatoms. The quantitative estimate of drug-likeness (QED) is 0.338. The number of carbonyl (C=O) groups excluding carboxylic acids is 2. The number of nitrogens with zero attached hydrogens (tertiary/aromatic N) is 1. The Hall–Kier alpha value is -1.69. The third kappa shape index (κ3) is 4.17. The van der Waals surface area contributed by atoms with Gasteiger partial charge in [0.25, 0.3) is 5.91 Å². The molecule has 1 aliphatic rings. The summed E-state index contributed by atoms with van der Waals surface area (Å²) < 4.78 is 20.6. The van der Waals surface area contributed by atoms with Crippen molar-refractivity contribution in [1.82, 2.24) is 10.2 Å². The number of likely N-dealkylation sites (N-methyl/N-ethyl adjacent to an activating group) is 1. The fraction of sp³-hybridized carbons (Fsp3) is 0.111. The molecule has 5 nitrogen and oxygen atoms in total. The molecule has 2 aromatic rings. The smallest absolute Gasteiger partial charge is 0.328 e.